The summed E-state index contributed by atoms with van der Waals surface area (Å²) in [5.41, 5.74) is 19.4. The van der Waals surface area contributed by atoms with Crippen molar-refractivity contribution in [3.63, 3.8) is 0 Å². The van der Waals surface area contributed by atoms with Crippen molar-refractivity contribution in [1.29, 1.82) is 0 Å². The average Bonchev–Trinajstić information content (AvgIpc) is 2.66. The molecule has 0 aliphatic rings. The van der Waals surface area contributed by atoms with Crippen LogP contribution in [0.5, 0.6) is 0 Å². The number of aromatic amines is 1. The number of nitrogens with two attached hydrogens (primary N) is 4. The van der Waals surface area contributed by atoms with Gasteiger partial charge in [-0.05, 0) is 21.1 Å². The number of nitrogen functional groups attached to an aromatic ring is 1. The lowest BCUT2D eigenvalue weighted by atomic mass is 10.6. The highest BCUT2D eigenvalue weighted by Gasteiger charge is 1.74. The monoisotopic (exact) mass is 176 g/mol. The number of nitrogens with zero attached hydrogens (tertiary/aromatic N) is 1. The summed E-state index contributed by atoms with van der Waals surface area (Å²) in [7, 11) is 4.50. The van der Waals surface area contributed by atoms with Crippen LogP contribution in [0.2, 0.25) is 0 Å². The van der Waals surface area contributed by atoms with Crippen molar-refractivity contribution >= 4 is 5.69 Å². The van der Waals surface area contributed by atoms with Crippen LogP contribution < -0.4 is 22.9 Å². The summed E-state index contributed by atoms with van der Waals surface area (Å²) in [5, 5.41) is 6.13. The molecule has 0 saturated carbocycles. The van der Waals surface area contributed by atoms with Crippen molar-refractivity contribution in [2.45, 2.75) is 0 Å². The Bertz CT molecular complexity index is 116. The van der Waals surface area contributed by atoms with Crippen LogP contribution in [0.1, 0.15) is 0 Å². The first-order chi connectivity index (χ1) is 5.89. The smallest absolute Gasteiger partial charge is 0.0717 e. The van der Waals surface area contributed by atoms with Crippen molar-refractivity contribution in [1.82, 2.24) is 10.2 Å². The Kier molecular flexibility index (Phi) is 32.1. The molecule has 0 atom stereocenters. The van der Waals surface area contributed by atoms with Crippen LogP contribution in [0, 0.1) is 0 Å². The predicted molar refractivity (Wildman–Crippen MR) is 53.3 cm³/mol. The molecule has 74 valence electrons. The SMILES string of the molecule is CN.CN.CN.Nc1cn[nH]c1. The zero-order valence-electron chi connectivity index (χ0n) is 7.91. The molecule has 1 rings (SSSR count). The Balaban J connectivity index is -0.000000117. The molecule has 12 heavy (non-hydrogen) atoms. The van der Waals surface area contributed by atoms with Crippen LogP contribution in [0.15, 0.2) is 12.4 Å². The van der Waals surface area contributed by atoms with Gasteiger partial charge in [0, 0.05) is 6.20 Å². The van der Waals surface area contributed by atoms with Crippen LogP contribution in [-0.2, 0) is 0 Å². The van der Waals surface area contributed by atoms with Crippen LogP contribution in [0.25, 0.3) is 0 Å². The fourth-order valence-corrected chi connectivity index (χ4v) is 0.261. The van der Waals surface area contributed by atoms with E-state index in [9.17, 15) is 0 Å². The second kappa shape index (κ2) is 22.5. The molecule has 0 aliphatic heterocycles. The molecule has 0 spiro atoms. The van der Waals surface area contributed by atoms with Gasteiger partial charge in [-0.3, -0.25) is 5.10 Å². The van der Waals surface area contributed by atoms with Crippen molar-refractivity contribution in [3.8, 4) is 0 Å². The molecule has 1 aromatic heterocycles. The number of nitrogens with one attached hydrogen (secondary N) is 1. The highest BCUT2D eigenvalue weighted by atomic mass is 15.1. The lowest BCUT2D eigenvalue weighted by Gasteiger charge is -1.66. The minimum Gasteiger partial charge on any atom is -0.396 e. The zero-order chi connectivity index (χ0) is 10.4. The van der Waals surface area contributed by atoms with E-state index in [1.807, 2.05) is 0 Å². The summed E-state index contributed by atoms with van der Waals surface area (Å²) in [6, 6.07) is 0. The molecule has 6 heteroatoms. The second-order valence-electron chi connectivity index (χ2n) is 1.03. The largest absolute Gasteiger partial charge is 0.396 e. The van der Waals surface area contributed by atoms with Crippen molar-refractivity contribution in [2.75, 3.05) is 26.9 Å². The third-order valence-electron chi connectivity index (χ3n) is 0.519. The van der Waals surface area contributed by atoms with Gasteiger partial charge in [-0.1, -0.05) is 0 Å². The van der Waals surface area contributed by atoms with Crippen molar-refractivity contribution in [3.05, 3.63) is 12.4 Å². The Morgan fingerprint density at radius 3 is 1.58 bits per heavy atom. The minimum atomic E-state index is 0.676. The van der Waals surface area contributed by atoms with E-state index in [0.717, 1.165) is 0 Å². The van der Waals surface area contributed by atoms with Gasteiger partial charge in [0.25, 0.3) is 0 Å². The maximum atomic E-state index is 5.18. The van der Waals surface area contributed by atoms with E-state index in [1.165, 1.54) is 21.1 Å². The number of aromatic nitrogens is 2. The first-order valence-corrected chi connectivity index (χ1v) is 3.37. The molecule has 1 heterocycles. The normalized spacial score (nSPS) is 5.83. The molecule has 0 aromatic carbocycles. The van der Waals surface area contributed by atoms with Gasteiger partial charge < -0.3 is 22.9 Å². The summed E-state index contributed by atoms with van der Waals surface area (Å²) in [6.45, 7) is 0. The predicted octanol–water partition coefficient (Wildman–Crippen LogP) is -1.28. The zero-order valence-corrected chi connectivity index (χ0v) is 7.91. The quantitative estimate of drug-likeness (QED) is 0.335. The van der Waals surface area contributed by atoms with Crippen LogP contribution >= 0.6 is 0 Å². The average molecular weight is 176 g/mol. The summed E-state index contributed by atoms with van der Waals surface area (Å²) < 4.78 is 0. The molecule has 0 unspecified atom stereocenters. The van der Waals surface area contributed by atoms with Crippen molar-refractivity contribution in [2.24, 2.45) is 17.2 Å². The molecule has 0 fully saturated rings. The van der Waals surface area contributed by atoms with Gasteiger partial charge in [0.15, 0.2) is 0 Å². The first-order valence-electron chi connectivity index (χ1n) is 3.37. The topological polar surface area (TPSA) is 133 Å². The summed E-state index contributed by atoms with van der Waals surface area (Å²) in [6.07, 6.45) is 3.18. The number of anilines is 1. The maximum absolute atomic E-state index is 5.18. The molecule has 9 N–H and O–H groups in total. The number of hydrogen-bond donors (Lipinski definition) is 5. The van der Waals surface area contributed by atoms with E-state index in [2.05, 4.69) is 27.4 Å². The van der Waals surface area contributed by atoms with Gasteiger partial charge in [0.1, 0.15) is 0 Å². The molecule has 0 aliphatic carbocycles. The van der Waals surface area contributed by atoms with Gasteiger partial charge in [0.05, 0.1) is 11.9 Å². The van der Waals surface area contributed by atoms with Crippen LogP contribution in [-0.4, -0.2) is 31.3 Å². The lowest BCUT2D eigenvalue weighted by Crippen LogP contribution is -1.75. The molecule has 0 saturated heterocycles. The van der Waals surface area contributed by atoms with Gasteiger partial charge in [-0.2, -0.15) is 5.10 Å². The number of hydrogen-bond acceptors (Lipinski definition) is 5. The molecule has 6 nitrogen and oxygen atoms in total. The van der Waals surface area contributed by atoms with Crippen LogP contribution in [0.4, 0.5) is 5.69 Å². The van der Waals surface area contributed by atoms with Gasteiger partial charge in [-0.25, -0.2) is 0 Å². The summed E-state index contributed by atoms with van der Waals surface area (Å²) in [4.78, 5) is 0. The third kappa shape index (κ3) is 16.0. The fourth-order valence-electron chi connectivity index (χ4n) is 0.261. The van der Waals surface area contributed by atoms with Gasteiger partial charge >= 0.3 is 0 Å². The second-order valence-corrected chi connectivity index (χ2v) is 1.03. The van der Waals surface area contributed by atoms with E-state index in [-0.39, 0.29) is 0 Å². The molecular weight excluding hydrogens is 156 g/mol. The van der Waals surface area contributed by atoms with Gasteiger partial charge in [0.2, 0.25) is 0 Å². The van der Waals surface area contributed by atoms with E-state index in [4.69, 9.17) is 5.73 Å². The van der Waals surface area contributed by atoms with E-state index in [1.54, 1.807) is 12.4 Å². The van der Waals surface area contributed by atoms with Crippen molar-refractivity contribution < 1.29 is 0 Å². The highest BCUT2D eigenvalue weighted by molar-refractivity contribution is 5.29. The van der Waals surface area contributed by atoms with Gasteiger partial charge in [-0.15, -0.1) is 0 Å². The van der Waals surface area contributed by atoms with E-state index < -0.39 is 0 Å². The Morgan fingerprint density at radius 1 is 1.08 bits per heavy atom. The summed E-state index contributed by atoms with van der Waals surface area (Å²) in [5.74, 6) is 0. The Morgan fingerprint density at radius 2 is 1.50 bits per heavy atom. The minimum absolute atomic E-state index is 0.676. The summed E-state index contributed by atoms with van der Waals surface area (Å²) >= 11 is 0. The third-order valence-corrected chi connectivity index (χ3v) is 0.519. The first kappa shape index (κ1) is 17.1. The fraction of sp³-hybridized carbons (Fsp3) is 0.500. The molecule has 0 bridgehead atoms. The lowest BCUT2D eigenvalue weighted by molar-refractivity contribution is 1.09. The van der Waals surface area contributed by atoms with E-state index >= 15 is 0 Å². The molecular formula is C6H20N6. The molecule has 0 amide bonds. The highest BCUT2D eigenvalue weighted by Crippen LogP contribution is 1.88. The number of rotatable bonds is 0. The Labute approximate surface area is 73.3 Å². The maximum Gasteiger partial charge on any atom is 0.0717 e. The standard InChI is InChI=1S/C3H5N3.3CH5N/c4-3-1-5-6-2-3;3*1-2/h1-2H,4H2,(H,5,6);3*2H2,1H3. The number of H-pyrrole nitrogens is 1. The van der Waals surface area contributed by atoms with E-state index in [0.29, 0.717) is 5.69 Å². The van der Waals surface area contributed by atoms with Crippen LogP contribution in [0.3, 0.4) is 0 Å². The molecule has 0 radical (unpaired) electrons. The Hall–Kier alpha value is -1.11. The molecule has 1 aromatic rings.